The fourth-order valence-corrected chi connectivity index (χ4v) is 7.52. The first-order valence-electron chi connectivity index (χ1n) is 14.0. The van der Waals surface area contributed by atoms with E-state index in [2.05, 4.69) is 10.1 Å². The van der Waals surface area contributed by atoms with Crippen LogP contribution < -0.4 is 14.4 Å². The lowest BCUT2D eigenvalue weighted by atomic mass is 10.00. The van der Waals surface area contributed by atoms with E-state index in [9.17, 15) is 18.7 Å². The summed E-state index contributed by atoms with van der Waals surface area (Å²) in [5.41, 5.74) is 2.58. The van der Waals surface area contributed by atoms with E-state index in [0.29, 0.717) is 22.5 Å². The number of thiazole rings is 1. The highest BCUT2D eigenvalue weighted by molar-refractivity contribution is 7.22. The average Bonchev–Trinajstić information content (AvgIpc) is 3.49. The number of aromatic nitrogens is 2. The number of carbonyl (C=O) groups is 1. The van der Waals surface area contributed by atoms with Crippen LogP contribution in [0.25, 0.3) is 21.5 Å². The predicted molar refractivity (Wildman–Crippen MR) is 151 cm³/mol. The summed E-state index contributed by atoms with van der Waals surface area (Å²) in [6.07, 6.45) is 5.66. The lowest BCUT2D eigenvalue weighted by Gasteiger charge is -2.38. The summed E-state index contributed by atoms with van der Waals surface area (Å²) < 4.78 is 49.5. The summed E-state index contributed by atoms with van der Waals surface area (Å²) in [5, 5.41) is 14.6. The number of ether oxygens (including phenoxy) is 3. The number of rotatable bonds is 10. The normalized spacial score (nSPS) is 21.8. The number of hydrogen-bond donors (Lipinski definition) is 1. The van der Waals surface area contributed by atoms with E-state index in [1.165, 1.54) is 30.6 Å². The Kier molecular flexibility index (Phi) is 6.97. The second-order valence-electron chi connectivity index (χ2n) is 11.0. The molecule has 220 valence electrons. The molecule has 4 aromatic rings. The number of anilines is 1. The minimum Gasteiger partial charge on any atom is -0.494 e. The van der Waals surface area contributed by atoms with Crippen molar-refractivity contribution >= 4 is 32.7 Å². The number of halogens is 2. The van der Waals surface area contributed by atoms with Crippen molar-refractivity contribution in [3.05, 3.63) is 53.3 Å². The maximum atomic E-state index is 13.1. The first-order valence-corrected chi connectivity index (χ1v) is 14.9. The molecule has 1 saturated carbocycles. The molecule has 2 bridgehead atoms. The van der Waals surface area contributed by atoms with Crippen molar-refractivity contribution in [2.45, 2.75) is 75.8 Å². The largest absolute Gasteiger partial charge is 0.494 e. The van der Waals surface area contributed by atoms with Crippen molar-refractivity contribution in [3.63, 3.8) is 0 Å². The van der Waals surface area contributed by atoms with Crippen LogP contribution in [-0.4, -0.2) is 53.1 Å². The average molecular weight is 598 g/mol. The maximum Gasteiger partial charge on any atom is 0.387 e. The van der Waals surface area contributed by atoms with Crippen LogP contribution in [0.15, 0.2) is 40.9 Å². The summed E-state index contributed by atoms with van der Waals surface area (Å²) in [4.78, 5) is 18.8. The summed E-state index contributed by atoms with van der Waals surface area (Å²) >= 11 is 1.49. The molecular weight excluding hydrogens is 568 g/mol. The van der Waals surface area contributed by atoms with Gasteiger partial charge in [-0.2, -0.15) is 8.78 Å². The second-order valence-corrected chi connectivity index (χ2v) is 12.1. The molecular formula is C30H29F2N3O6S. The van der Waals surface area contributed by atoms with Crippen molar-refractivity contribution < 1.29 is 37.4 Å². The third-order valence-electron chi connectivity index (χ3n) is 8.41. The molecule has 42 heavy (non-hydrogen) atoms. The van der Waals surface area contributed by atoms with E-state index in [1.807, 2.05) is 0 Å². The quantitative estimate of drug-likeness (QED) is 0.210. The highest BCUT2D eigenvalue weighted by atomic mass is 32.1. The first kappa shape index (κ1) is 27.1. The molecule has 0 amide bonds. The van der Waals surface area contributed by atoms with Gasteiger partial charge in [-0.05, 0) is 62.8 Å². The third kappa shape index (κ3) is 4.96. The summed E-state index contributed by atoms with van der Waals surface area (Å²) in [7, 11) is 1.52. The van der Waals surface area contributed by atoms with E-state index in [1.54, 1.807) is 24.3 Å². The van der Waals surface area contributed by atoms with Gasteiger partial charge in [-0.15, -0.1) is 0 Å². The Balaban J connectivity index is 1.10. The SMILES string of the molecule is COc1cc(C(=O)O)cc2sc(N3[C@@H]4CC[C@H]3CC(OCc3c(-c5ccccc5OC(F)F)noc3C3CC3)C4)nc12. The van der Waals surface area contributed by atoms with E-state index in [4.69, 9.17) is 23.7 Å². The minimum absolute atomic E-state index is 0.00337. The van der Waals surface area contributed by atoms with E-state index in [0.717, 1.165) is 59.7 Å². The Morgan fingerprint density at radius 2 is 1.90 bits per heavy atom. The molecule has 2 aromatic carbocycles. The van der Waals surface area contributed by atoms with Gasteiger partial charge in [0, 0.05) is 29.1 Å². The number of alkyl halides is 2. The van der Waals surface area contributed by atoms with Crippen LogP contribution in [0.3, 0.4) is 0 Å². The molecule has 0 spiro atoms. The highest BCUT2D eigenvalue weighted by Crippen LogP contribution is 2.47. The smallest absolute Gasteiger partial charge is 0.387 e. The summed E-state index contributed by atoms with van der Waals surface area (Å²) in [6.45, 7) is -2.68. The van der Waals surface area contributed by atoms with Crippen LogP contribution in [-0.2, 0) is 11.3 Å². The fourth-order valence-electron chi connectivity index (χ4n) is 6.35. The first-order chi connectivity index (χ1) is 20.4. The van der Waals surface area contributed by atoms with Crippen molar-refractivity contribution in [2.24, 2.45) is 0 Å². The summed E-state index contributed by atoms with van der Waals surface area (Å²) in [6, 6.07) is 10.3. The van der Waals surface area contributed by atoms with Gasteiger partial charge in [0.1, 0.15) is 28.5 Å². The summed E-state index contributed by atoms with van der Waals surface area (Å²) in [5.74, 6) is 0.535. The Morgan fingerprint density at radius 3 is 2.60 bits per heavy atom. The zero-order valence-corrected chi connectivity index (χ0v) is 23.6. The molecule has 1 unspecified atom stereocenters. The van der Waals surface area contributed by atoms with Crippen LogP contribution in [0.5, 0.6) is 11.5 Å². The second kappa shape index (κ2) is 10.8. The Labute approximate surface area is 244 Å². The molecule has 4 heterocycles. The zero-order chi connectivity index (χ0) is 29.0. The molecule has 3 aliphatic rings. The van der Waals surface area contributed by atoms with Gasteiger partial charge < -0.3 is 28.7 Å². The molecule has 2 aliphatic heterocycles. The molecule has 1 N–H and O–H groups in total. The monoisotopic (exact) mass is 597 g/mol. The van der Waals surface area contributed by atoms with Gasteiger partial charge in [-0.25, -0.2) is 9.78 Å². The number of methoxy groups -OCH3 is 1. The van der Waals surface area contributed by atoms with Gasteiger partial charge >= 0.3 is 12.6 Å². The van der Waals surface area contributed by atoms with Crippen molar-refractivity contribution in [1.82, 2.24) is 10.1 Å². The van der Waals surface area contributed by atoms with E-state index >= 15 is 0 Å². The van der Waals surface area contributed by atoms with Gasteiger partial charge in [-0.1, -0.05) is 28.6 Å². The predicted octanol–water partition coefficient (Wildman–Crippen LogP) is 6.85. The number of carboxylic acid groups (broad SMARTS) is 1. The lowest BCUT2D eigenvalue weighted by Crippen LogP contribution is -2.45. The topological polar surface area (TPSA) is 107 Å². The molecule has 7 rings (SSSR count). The number of carboxylic acids is 1. The molecule has 3 atom stereocenters. The number of benzene rings is 2. The fraction of sp³-hybridized carbons (Fsp3) is 0.433. The van der Waals surface area contributed by atoms with Gasteiger partial charge in [0.05, 0.1) is 30.1 Å². The Hall–Kier alpha value is -3.77. The molecule has 1 aliphatic carbocycles. The van der Waals surface area contributed by atoms with Gasteiger partial charge in [0.2, 0.25) is 0 Å². The number of piperidine rings is 1. The van der Waals surface area contributed by atoms with Crippen LogP contribution in [0.4, 0.5) is 13.9 Å². The lowest BCUT2D eigenvalue weighted by molar-refractivity contribution is -0.0494. The van der Waals surface area contributed by atoms with Crippen LogP contribution in [0.1, 0.15) is 66.1 Å². The third-order valence-corrected chi connectivity index (χ3v) is 9.43. The molecule has 2 saturated heterocycles. The Morgan fingerprint density at radius 1 is 1.14 bits per heavy atom. The van der Waals surface area contributed by atoms with E-state index in [-0.39, 0.29) is 42.0 Å². The van der Waals surface area contributed by atoms with Crippen molar-refractivity contribution in [2.75, 3.05) is 12.0 Å². The Bertz CT molecular complexity index is 1620. The number of para-hydroxylation sites is 1. The minimum atomic E-state index is -2.95. The number of hydrogen-bond acceptors (Lipinski definition) is 9. The standard InChI is InChI=1S/C30H29F2N3O6S/c1-38-23-10-16(28(36)37)11-24-26(23)33-30(42-24)35-17-8-9-18(35)13-19(12-17)39-14-21-25(34-41-27(21)15-6-7-15)20-4-2-3-5-22(20)40-29(31)32/h2-5,10-11,15,17-19,29H,6-9,12-14H2,1H3,(H,36,37)/t17-,18+,19?. The van der Waals surface area contributed by atoms with Gasteiger partial charge in [0.25, 0.3) is 0 Å². The van der Waals surface area contributed by atoms with Crippen LogP contribution >= 0.6 is 11.3 Å². The van der Waals surface area contributed by atoms with Crippen LogP contribution in [0, 0.1) is 0 Å². The van der Waals surface area contributed by atoms with Gasteiger partial charge in [0.15, 0.2) is 5.13 Å². The number of aromatic carboxylic acids is 1. The van der Waals surface area contributed by atoms with Crippen molar-refractivity contribution in [1.29, 1.82) is 0 Å². The maximum absolute atomic E-state index is 13.1. The highest BCUT2D eigenvalue weighted by Gasteiger charge is 2.43. The number of fused-ring (bicyclic) bond motifs is 3. The molecule has 9 nitrogen and oxygen atoms in total. The van der Waals surface area contributed by atoms with Gasteiger partial charge in [-0.3, -0.25) is 0 Å². The molecule has 12 heteroatoms. The molecule has 0 radical (unpaired) electrons. The molecule has 3 fully saturated rings. The number of nitrogens with zero attached hydrogens (tertiary/aromatic N) is 3. The van der Waals surface area contributed by atoms with Crippen molar-refractivity contribution in [3.8, 4) is 22.8 Å². The van der Waals surface area contributed by atoms with Crippen LogP contribution in [0.2, 0.25) is 0 Å². The molecule has 2 aromatic heterocycles. The zero-order valence-electron chi connectivity index (χ0n) is 22.8. The van der Waals surface area contributed by atoms with E-state index < -0.39 is 12.6 Å².